The highest BCUT2D eigenvalue weighted by atomic mass is 16.6. The fourth-order valence-corrected chi connectivity index (χ4v) is 4.27. The molecular formula is C25H31N3O7. The van der Waals surface area contributed by atoms with Crippen LogP contribution < -0.4 is 25.4 Å². The predicted octanol–water partition coefficient (Wildman–Crippen LogP) is 1.82. The van der Waals surface area contributed by atoms with Gasteiger partial charge in [0.1, 0.15) is 29.8 Å². The second kappa shape index (κ2) is 11.4. The van der Waals surface area contributed by atoms with Gasteiger partial charge in [-0.2, -0.15) is 0 Å². The molecule has 35 heavy (non-hydrogen) atoms. The lowest BCUT2D eigenvalue weighted by Crippen LogP contribution is -2.42. The zero-order valence-corrected chi connectivity index (χ0v) is 19.7. The predicted molar refractivity (Wildman–Crippen MR) is 127 cm³/mol. The Bertz CT molecular complexity index is 999. The van der Waals surface area contributed by atoms with Gasteiger partial charge in [0, 0.05) is 25.2 Å². The van der Waals surface area contributed by atoms with E-state index in [4.69, 9.17) is 18.9 Å². The molecule has 10 nitrogen and oxygen atoms in total. The van der Waals surface area contributed by atoms with Crippen molar-refractivity contribution in [2.45, 2.75) is 49.9 Å². The van der Waals surface area contributed by atoms with Gasteiger partial charge >= 0.3 is 6.03 Å². The molecule has 2 heterocycles. The standard InChI is InChI=1S/C25H31N3O7/c1-32-17-7-3-15(4-8-17)13-26-22(29)12-19-11-20-24(34-19)23(30)21(35-20)14-27-25(31)28-16-5-9-18(33-2)10-6-16/h3-10,19-21,23-24,30H,11-14H2,1-2H3,(H,26,29)(H2,27,28,31). The minimum Gasteiger partial charge on any atom is -0.497 e. The number of aliphatic hydroxyl groups excluding tert-OH is 1. The van der Waals surface area contributed by atoms with E-state index in [0.717, 1.165) is 11.3 Å². The van der Waals surface area contributed by atoms with Crippen LogP contribution in [-0.2, 0) is 20.8 Å². The van der Waals surface area contributed by atoms with Crippen molar-refractivity contribution in [1.29, 1.82) is 0 Å². The second-order valence-electron chi connectivity index (χ2n) is 8.55. The summed E-state index contributed by atoms with van der Waals surface area (Å²) in [5.74, 6) is 1.32. The normalized spacial score (nSPS) is 24.9. The van der Waals surface area contributed by atoms with E-state index in [0.29, 0.717) is 24.4 Å². The van der Waals surface area contributed by atoms with E-state index in [1.807, 2.05) is 24.3 Å². The van der Waals surface area contributed by atoms with E-state index in [9.17, 15) is 14.7 Å². The number of nitrogens with one attached hydrogen (secondary N) is 3. The van der Waals surface area contributed by atoms with Crippen LogP contribution >= 0.6 is 0 Å². The monoisotopic (exact) mass is 485 g/mol. The maximum Gasteiger partial charge on any atom is 0.319 e. The summed E-state index contributed by atoms with van der Waals surface area (Å²) < 4.78 is 22.0. The second-order valence-corrected chi connectivity index (χ2v) is 8.55. The van der Waals surface area contributed by atoms with Gasteiger partial charge in [-0.15, -0.1) is 0 Å². The number of ether oxygens (including phenoxy) is 4. The molecule has 0 bridgehead atoms. The van der Waals surface area contributed by atoms with Crippen LogP contribution in [0.4, 0.5) is 10.5 Å². The topological polar surface area (TPSA) is 127 Å². The van der Waals surface area contributed by atoms with Crippen LogP contribution in [-0.4, -0.2) is 68.3 Å². The molecule has 0 radical (unpaired) electrons. The van der Waals surface area contributed by atoms with Crippen molar-refractivity contribution in [1.82, 2.24) is 10.6 Å². The first-order chi connectivity index (χ1) is 16.9. The molecule has 0 saturated carbocycles. The molecule has 0 spiro atoms. The summed E-state index contributed by atoms with van der Waals surface area (Å²) in [7, 11) is 3.18. The van der Waals surface area contributed by atoms with Gasteiger partial charge in [0.05, 0.1) is 32.8 Å². The van der Waals surface area contributed by atoms with Crippen LogP contribution in [0.1, 0.15) is 18.4 Å². The van der Waals surface area contributed by atoms with Crippen LogP contribution in [0.25, 0.3) is 0 Å². The Morgan fingerprint density at radius 1 is 0.971 bits per heavy atom. The van der Waals surface area contributed by atoms with Crippen molar-refractivity contribution < 1.29 is 33.6 Å². The lowest BCUT2D eigenvalue weighted by Gasteiger charge is -2.20. The minimum atomic E-state index is -0.895. The molecule has 2 aromatic rings. The molecule has 10 heteroatoms. The highest BCUT2D eigenvalue weighted by molar-refractivity contribution is 5.89. The first-order valence-electron chi connectivity index (χ1n) is 11.5. The number of urea groups is 1. The number of anilines is 1. The van der Waals surface area contributed by atoms with E-state index in [2.05, 4.69) is 16.0 Å². The molecule has 0 aromatic heterocycles. The van der Waals surface area contributed by atoms with Crippen molar-refractivity contribution in [2.75, 3.05) is 26.1 Å². The molecule has 4 rings (SSSR count). The van der Waals surface area contributed by atoms with Gasteiger partial charge in [-0.3, -0.25) is 4.79 Å². The van der Waals surface area contributed by atoms with Gasteiger partial charge in [-0.05, 0) is 42.0 Å². The van der Waals surface area contributed by atoms with Gasteiger partial charge < -0.3 is 40.0 Å². The average Bonchev–Trinajstić information content (AvgIpc) is 3.39. The zero-order chi connectivity index (χ0) is 24.8. The zero-order valence-electron chi connectivity index (χ0n) is 19.7. The number of benzene rings is 2. The molecule has 2 aliphatic heterocycles. The molecular weight excluding hydrogens is 454 g/mol. The van der Waals surface area contributed by atoms with Gasteiger partial charge in [0.25, 0.3) is 0 Å². The molecule has 0 aliphatic carbocycles. The Kier molecular flexibility index (Phi) is 8.06. The maximum atomic E-state index is 12.3. The Morgan fingerprint density at radius 3 is 2.26 bits per heavy atom. The van der Waals surface area contributed by atoms with Crippen LogP contribution in [0.15, 0.2) is 48.5 Å². The van der Waals surface area contributed by atoms with Crippen molar-refractivity contribution in [2.24, 2.45) is 0 Å². The SMILES string of the molecule is COc1ccc(CNC(=O)CC2CC3OC(CNC(=O)Nc4ccc(OC)cc4)C(O)C3O2)cc1. The third-order valence-electron chi connectivity index (χ3n) is 6.15. The minimum absolute atomic E-state index is 0.131. The smallest absolute Gasteiger partial charge is 0.319 e. The number of carbonyl (C=O) groups excluding carboxylic acids is 2. The Balaban J connectivity index is 1.16. The summed E-state index contributed by atoms with van der Waals surface area (Å²) in [5, 5.41) is 18.9. The van der Waals surface area contributed by atoms with Gasteiger partial charge in [-0.25, -0.2) is 4.79 Å². The van der Waals surface area contributed by atoms with Crippen molar-refractivity contribution in [3.63, 3.8) is 0 Å². The Labute approximate surface area is 203 Å². The number of aliphatic hydroxyl groups is 1. The van der Waals surface area contributed by atoms with Crippen LogP contribution in [0.3, 0.4) is 0 Å². The van der Waals surface area contributed by atoms with E-state index in [1.165, 1.54) is 0 Å². The summed E-state index contributed by atoms with van der Waals surface area (Å²) >= 11 is 0. The van der Waals surface area contributed by atoms with Crippen LogP contribution in [0, 0.1) is 0 Å². The number of hydrogen-bond donors (Lipinski definition) is 4. The largest absolute Gasteiger partial charge is 0.497 e. The summed E-state index contributed by atoms with van der Waals surface area (Å²) in [4.78, 5) is 24.5. The Hall–Kier alpha value is -3.34. The van der Waals surface area contributed by atoms with Gasteiger partial charge in [-0.1, -0.05) is 12.1 Å². The van der Waals surface area contributed by atoms with Crippen molar-refractivity contribution >= 4 is 17.6 Å². The number of carbonyl (C=O) groups is 2. The first-order valence-corrected chi connectivity index (χ1v) is 11.5. The summed E-state index contributed by atoms with van der Waals surface area (Å²) in [5.41, 5.74) is 1.58. The number of methoxy groups -OCH3 is 2. The highest BCUT2D eigenvalue weighted by Gasteiger charge is 2.50. The van der Waals surface area contributed by atoms with Crippen LogP contribution in [0.2, 0.25) is 0 Å². The molecule has 5 atom stereocenters. The van der Waals surface area contributed by atoms with E-state index < -0.39 is 24.3 Å². The lowest BCUT2D eigenvalue weighted by atomic mass is 10.1. The molecule has 2 saturated heterocycles. The van der Waals surface area contributed by atoms with E-state index in [-0.39, 0.29) is 31.1 Å². The van der Waals surface area contributed by atoms with Gasteiger partial charge in [0.15, 0.2) is 0 Å². The van der Waals surface area contributed by atoms with Crippen LogP contribution in [0.5, 0.6) is 11.5 Å². The molecule has 2 fully saturated rings. The molecule has 2 aromatic carbocycles. The summed E-state index contributed by atoms with van der Waals surface area (Å²) in [6, 6.07) is 14.0. The van der Waals surface area contributed by atoms with Gasteiger partial charge in [0.2, 0.25) is 5.91 Å². The lowest BCUT2D eigenvalue weighted by molar-refractivity contribution is -0.124. The highest BCUT2D eigenvalue weighted by Crippen LogP contribution is 2.35. The fraction of sp³-hybridized carbons (Fsp3) is 0.440. The molecule has 3 amide bonds. The van der Waals surface area contributed by atoms with E-state index in [1.54, 1.807) is 38.5 Å². The number of fused-ring (bicyclic) bond motifs is 1. The maximum absolute atomic E-state index is 12.3. The number of amides is 3. The van der Waals surface area contributed by atoms with Crippen molar-refractivity contribution in [3.05, 3.63) is 54.1 Å². The summed E-state index contributed by atoms with van der Waals surface area (Å²) in [6.45, 7) is 0.542. The molecule has 5 unspecified atom stereocenters. The van der Waals surface area contributed by atoms with E-state index >= 15 is 0 Å². The quantitative estimate of drug-likeness (QED) is 0.427. The van der Waals surface area contributed by atoms with Crippen molar-refractivity contribution in [3.8, 4) is 11.5 Å². The Morgan fingerprint density at radius 2 is 1.63 bits per heavy atom. The number of rotatable bonds is 9. The summed E-state index contributed by atoms with van der Waals surface area (Å²) in [6.07, 6.45) is -1.96. The third-order valence-corrected chi connectivity index (χ3v) is 6.15. The molecule has 188 valence electrons. The number of hydrogen-bond acceptors (Lipinski definition) is 7. The fourth-order valence-electron chi connectivity index (χ4n) is 4.27. The molecule has 2 aliphatic rings. The first kappa shape index (κ1) is 24.8. The molecule has 4 N–H and O–H groups in total. The average molecular weight is 486 g/mol. The third kappa shape index (κ3) is 6.41.